The maximum Gasteiger partial charge on any atom is 0.272 e. The van der Waals surface area contributed by atoms with Crippen molar-refractivity contribution < 1.29 is 0 Å². The van der Waals surface area contributed by atoms with Crippen molar-refractivity contribution in [2.24, 2.45) is 5.73 Å². The number of rotatable bonds is 3. The van der Waals surface area contributed by atoms with Crippen LogP contribution in [0.4, 0.5) is 0 Å². The molecule has 0 aliphatic carbocycles. The molecule has 2 aromatic heterocycles. The van der Waals surface area contributed by atoms with Crippen molar-refractivity contribution in [2.75, 3.05) is 0 Å². The van der Waals surface area contributed by atoms with Gasteiger partial charge in [-0.3, -0.25) is 9.78 Å². The number of hydrogen-bond donors (Lipinski definition) is 2. The number of aromatic amines is 1. The van der Waals surface area contributed by atoms with Gasteiger partial charge >= 0.3 is 0 Å². The fourth-order valence-electron chi connectivity index (χ4n) is 3.26. The van der Waals surface area contributed by atoms with Crippen molar-refractivity contribution in [1.82, 2.24) is 15.2 Å². The van der Waals surface area contributed by atoms with Crippen LogP contribution in [0.2, 0.25) is 0 Å². The van der Waals surface area contributed by atoms with Gasteiger partial charge in [0.2, 0.25) is 0 Å². The molecule has 0 atom stereocenters. The monoisotopic (exact) mass is 378 g/mol. The van der Waals surface area contributed by atoms with Gasteiger partial charge in [-0.2, -0.15) is 15.6 Å². The SMILES string of the molecule is N#Cc1ccc(-c2cncc(-c3ccc4c(=O)[nH]nc(CN)c4c3)c2)c(C#N)c1. The van der Waals surface area contributed by atoms with Crippen LogP contribution >= 0.6 is 0 Å². The average molecular weight is 378 g/mol. The van der Waals surface area contributed by atoms with Crippen LogP contribution in [-0.2, 0) is 6.54 Å². The number of nitriles is 2. The summed E-state index contributed by atoms with van der Waals surface area (Å²) in [4.78, 5) is 16.3. The Balaban J connectivity index is 1.86. The zero-order valence-electron chi connectivity index (χ0n) is 15.2. The van der Waals surface area contributed by atoms with Gasteiger partial charge in [0.15, 0.2) is 0 Å². The van der Waals surface area contributed by atoms with Crippen LogP contribution in [0.15, 0.2) is 59.7 Å². The first kappa shape index (κ1) is 18.1. The number of nitrogens with one attached hydrogen (secondary N) is 1. The van der Waals surface area contributed by atoms with E-state index in [0.29, 0.717) is 33.2 Å². The molecule has 3 N–H and O–H groups in total. The van der Waals surface area contributed by atoms with E-state index in [9.17, 15) is 10.1 Å². The highest BCUT2D eigenvalue weighted by molar-refractivity contribution is 5.88. The standard InChI is InChI=1S/C22H14N6O/c23-8-13-1-3-18(15(5-13)9-24)17-6-16(11-26-12-17)14-2-4-19-20(7-14)21(10-25)27-28-22(19)29/h1-7,11-12H,10,25H2,(H,28,29). The molecule has 0 amide bonds. The third-order valence-corrected chi connectivity index (χ3v) is 4.71. The van der Waals surface area contributed by atoms with E-state index in [4.69, 9.17) is 11.0 Å². The molecule has 0 saturated heterocycles. The molecule has 0 radical (unpaired) electrons. The number of H-pyrrole nitrogens is 1. The maximum atomic E-state index is 12.0. The molecule has 0 spiro atoms. The normalized spacial score (nSPS) is 10.4. The van der Waals surface area contributed by atoms with Gasteiger partial charge in [-0.05, 0) is 35.9 Å². The highest BCUT2D eigenvalue weighted by atomic mass is 16.1. The second-order valence-electron chi connectivity index (χ2n) is 6.41. The highest BCUT2D eigenvalue weighted by Crippen LogP contribution is 2.29. The molecule has 2 heterocycles. The molecule has 0 saturated carbocycles. The number of fused-ring (bicyclic) bond motifs is 1. The number of pyridine rings is 1. The van der Waals surface area contributed by atoms with E-state index in [0.717, 1.165) is 16.7 Å². The Hall–Kier alpha value is -4.33. The lowest BCUT2D eigenvalue weighted by molar-refractivity contribution is 0.900. The predicted molar refractivity (Wildman–Crippen MR) is 108 cm³/mol. The fraction of sp³-hybridized carbons (Fsp3) is 0.0455. The number of benzene rings is 2. The Bertz CT molecular complexity index is 1390. The number of nitrogens with zero attached hydrogens (tertiary/aromatic N) is 4. The van der Waals surface area contributed by atoms with Crippen LogP contribution < -0.4 is 11.3 Å². The highest BCUT2D eigenvalue weighted by Gasteiger charge is 2.11. The topological polar surface area (TPSA) is 132 Å². The van der Waals surface area contributed by atoms with Gasteiger partial charge < -0.3 is 5.73 Å². The van der Waals surface area contributed by atoms with Crippen LogP contribution in [0.3, 0.4) is 0 Å². The summed E-state index contributed by atoms with van der Waals surface area (Å²) in [6.45, 7) is 0.200. The van der Waals surface area contributed by atoms with Crippen molar-refractivity contribution in [3.8, 4) is 34.4 Å². The average Bonchev–Trinajstić information content (AvgIpc) is 2.78. The molecular formula is C22H14N6O. The largest absolute Gasteiger partial charge is 0.325 e. The van der Waals surface area contributed by atoms with Crippen molar-refractivity contribution in [3.05, 3.63) is 82.0 Å². The molecule has 2 aromatic carbocycles. The van der Waals surface area contributed by atoms with Crippen LogP contribution in [-0.4, -0.2) is 15.2 Å². The molecule has 7 heteroatoms. The summed E-state index contributed by atoms with van der Waals surface area (Å²) in [6, 6.07) is 16.5. The molecule has 0 bridgehead atoms. The van der Waals surface area contributed by atoms with Gasteiger partial charge in [0.25, 0.3) is 5.56 Å². The Morgan fingerprint density at radius 2 is 1.76 bits per heavy atom. The van der Waals surface area contributed by atoms with Crippen molar-refractivity contribution in [3.63, 3.8) is 0 Å². The molecule has 0 unspecified atom stereocenters. The first-order chi connectivity index (χ1) is 14.1. The summed E-state index contributed by atoms with van der Waals surface area (Å²) >= 11 is 0. The predicted octanol–water partition coefficient (Wildman–Crippen LogP) is 2.85. The molecule has 0 aliphatic heterocycles. The van der Waals surface area contributed by atoms with Gasteiger partial charge in [0.1, 0.15) is 0 Å². The summed E-state index contributed by atoms with van der Waals surface area (Å²) in [5.41, 5.74) is 10.0. The van der Waals surface area contributed by atoms with E-state index >= 15 is 0 Å². The smallest absolute Gasteiger partial charge is 0.272 e. The molecule has 0 fully saturated rings. The summed E-state index contributed by atoms with van der Waals surface area (Å²) in [7, 11) is 0. The Morgan fingerprint density at radius 3 is 2.52 bits per heavy atom. The van der Waals surface area contributed by atoms with Gasteiger partial charge in [-0.15, -0.1) is 0 Å². The molecular weight excluding hydrogens is 364 g/mol. The zero-order chi connectivity index (χ0) is 20.4. The van der Waals surface area contributed by atoms with Crippen LogP contribution in [0.25, 0.3) is 33.0 Å². The van der Waals surface area contributed by atoms with E-state index in [1.165, 1.54) is 0 Å². The van der Waals surface area contributed by atoms with Crippen molar-refractivity contribution in [1.29, 1.82) is 10.5 Å². The lowest BCUT2D eigenvalue weighted by Crippen LogP contribution is -2.13. The minimum absolute atomic E-state index is 0.200. The quantitative estimate of drug-likeness (QED) is 0.563. The second-order valence-corrected chi connectivity index (χ2v) is 6.41. The Morgan fingerprint density at radius 1 is 0.931 bits per heavy atom. The van der Waals surface area contributed by atoms with Gasteiger partial charge in [-0.1, -0.05) is 12.1 Å². The number of nitrogens with two attached hydrogens (primary N) is 1. The van der Waals surface area contributed by atoms with E-state index < -0.39 is 0 Å². The molecule has 4 aromatic rings. The van der Waals surface area contributed by atoms with Gasteiger partial charge in [-0.25, -0.2) is 5.10 Å². The Kier molecular flexibility index (Phi) is 4.58. The maximum absolute atomic E-state index is 12.0. The van der Waals surface area contributed by atoms with Gasteiger partial charge in [0.05, 0.1) is 34.3 Å². The van der Waals surface area contributed by atoms with Crippen LogP contribution in [0.5, 0.6) is 0 Å². The lowest BCUT2D eigenvalue weighted by Gasteiger charge is -2.09. The number of aromatic nitrogens is 3. The lowest BCUT2D eigenvalue weighted by atomic mass is 9.96. The molecule has 0 aliphatic rings. The van der Waals surface area contributed by atoms with Crippen LogP contribution in [0.1, 0.15) is 16.8 Å². The summed E-state index contributed by atoms with van der Waals surface area (Å²) in [5, 5.41) is 26.2. The van der Waals surface area contributed by atoms with E-state index in [2.05, 4.69) is 21.3 Å². The minimum Gasteiger partial charge on any atom is -0.325 e. The van der Waals surface area contributed by atoms with Gasteiger partial charge in [0, 0.05) is 41.0 Å². The Labute approximate surface area is 165 Å². The molecule has 4 rings (SSSR count). The second kappa shape index (κ2) is 7.35. The third-order valence-electron chi connectivity index (χ3n) is 4.71. The zero-order valence-corrected chi connectivity index (χ0v) is 15.2. The molecule has 29 heavy (non-hydrogen) atoms. The summed E-state index contributed by atoms with van der Waals surface area (Å²) < 4.78 is 0. The summed E-state index contributed by atoms with van der Waals surface area (Å²) in [5.74, 6) is 0. The van der Waals surface area contributed by atoms with Crippen molar-refractivity contribution >= 4 is 10.8 Å². The number of hydrogen-bond acceptors (Lipinski definition) is 6. The van der Waals surface area contributed by atoms with E-state index in [-0.39, 0.29) is 12.1 Å². The van der Waals surface area contributed by atoms with Crippen molar-refractivity contribution in [2.45, 2.75) is 6.54 Å². The molecule has 138 valence electrons. The van der Waals surface area contributed by atoms with E-state index in [1.807, 2.05) is 24.3 Å². The first-order valence-corrected chi connectivity index (χ1v) is 8.76. The fourth-order valence-corrected chi connectivity index (χ4v) is 3.26. The van der Waals surface area contributed by atoms with Crippen LogP contribution in [0, 0.1) is 22.7 Å². The third kappa shape index (κ3) is 3.23. The summed E-state index contributed by atoms with van der Waals surface area (Å²) in [6.07, 6.45) is 3.38. The van der Waals surface area contributed by atoms with E-state index in [1.54, 1.807) is 36.7 Å². The first-order valence-electron chi connectivity index (χ1n) is 8.76. The molecule has 7 nitrogen and oxygen atoms in total. The minimum atomic E-state index is -0.271.